The molecule has 0 saturated carbocycles. The van der Waals surface area contributed by atoms with Crippen molar-refractivity contribution < 1.29 is 18.1 Å². The minimum Gasteiger partial charge on any atom is -0.324 e. The molecule has 1 saturated heterocycles. The number of nitrogens with one attached hydrogen (secondary N) is 1. The minimum absolute atomic E-state index is 0.00753. The normalized spacial score (nSPS) is 18.7. The van der Waals surface area contributed by atoms with E-state index in [0.717, 1.165) is 0 Å². The van der Waals surface area contributed by atoms with Crippen LogP contribution in [0.3, 0.4) is 0 Å². The van der Waals surface area contributed by atoms with Crippen molar-refractivity contribution in [3.8, 4) is 0 Å². The Morgan fingerprint density at radius 1 is 1.48 bits per heavy atom. The number of sulfonamides is 1. The molecule has 0 spiro atoms. The first-order chi connectivity index (χ1) is 10.8. The monoisotopic (exact) mass is 341 g/mol. The molecule has 0 unspecified atom stereocenters. The first kappa shape index (κ1) is 17.4. The van der Waals surface area contributed by atoms with Gasteiger partial charge in [0.05, 0.1) is 10.7 Å². The van der Waals surface area contributed by atoms with Crippen LogP contribution < -0.4 is 5.32 Å². The molecular weight excluding hydrogens is 322 g/mol. The molecule has 126 valence electrons. The number of carbonyl (C=O) groups is 1. The van der Waals surface area contributed by atoms with E-state index in [-0.39, 0.29) is 17.1 Å². The van der Waals surface area contributed by atoms with Crippen LogP contribution in [0.2, 0.25) is 0 Å². The SMILES string of the molecule is CCCS(=O)(=O)N1CCC[C@H]1C(=O)Nc1cccc([N+](=O)[O-])c1. The molecule has 8 nitrogen and oxygen atoms in total. The van der Waals surface area contributed by atoms with Gasteiger partial charge in [-0.05, 0) is 25.3 Å². The Hall–Kier alpha value is -2.00. The van der Waals surface area contributed by atoms with Crippen molar-refractivity contribution in [2.75, 3.05) is 17.6 Å². The Labute approximate surface area is 134 Å². The largest absolute Gasteiger partial charge is 0.324 e. The lowest BCUT2D eigenvalue weighted by Gasteiger charge is -2.23. The topological polar surface area (TPSA) is 110 Å². The molecule has 9 heteroatoms. The van der Waals surface area contributed by atoms with E-state index in [4.69, 9.17) is 0 Å². The fourth-order valence-electron chi connectivity index (χ4n) is 2.63. The van der Waals surface area contributed by atoms with Gasteiger partial charge >= 0.3 is 0 Å². The predicted octanol–water partition coefficient (Wildman–Crippen LogP) is 1.74. The number of hydrogen-bond acceptors (Lipinski definition) is 5. The number of nitrogens with zero attached hydrogens (tertiary/aromatic N) is 2. The smallest absolute Gasteiger partial charge is 0.271 e. The van der Waals surface area contributed by atoms with Crippen molar-refractivity contribution in [3.05, 3.63) is 34.4 Å². The number of hydrogen-bond donors (Lipinski definition) is 1. The molecule has 1 fully saturated rings. The van der Waals surface area contributed by atoms with Crippen LogP contribution in [0.5, 0.6) is 0 Å². The van der Waals surface area contributed by atoms with E-state index in [0.29, 0.717) is 25.8 Å². The molecule has 23 heavy (non-hydrogen) atoms. The number of nitro benzene ring substituents is 1. The van der Waals surface area contributed by atoms with Gasteiger partial charge in [-0.2, -0.15) is 4.31 Å². The predicted molar refractivity (Wildman–Crippen MR) is 85.5 cm³/mol. The third kappa shape index (κ3) is 4.05. The van der Waals surface area contributed by atoms with Crippen LogP contribution in [-0.2, 0) is 14.8 Å². The van der Waals surface area contributed by atoms with Crippen LogP contribution in [0.1, 0.15) is 26.2 Å². The molecule has 1 amide bonds. The summed E-state index contributed by atoms with van der Waals surface area (Å²) < 4.78 is 25.6. The maximum atomic E-state index is 12.4. The van der Waals surface area contributed by atoms with E-state index in [1.165, 1.54) is 28.6 Å². The standard InChI is InChI=1S/C14H19N3O5S/c1-2-9-23(21,22)16-8-4-7-13(16)14(18)15-11-5-3-6-12(10-11)17(19)20/h3,5-6,10,13H,2,4,7-9H2,1H3,(H,15,18)/t13-/m0/s1. The summed E-state index contributed by atoms with van der Waals surface area (Å²) in [6.07, 6.45) is 1.55. The summed E-state index contributed by atoms with van der Waals surface area (Å²) in [6, 6.07) is 4.81. The zero-order valence-corrected chi connectivity index (χ0v) is 13.6. The highest BCUT2D eigenvalue weighted by atomic mass is 32.2. The van der Waals surface area contributed by atoms with Gasteiger partial charge in [-0.25, -0.2) is 8.42 Å². The van der Waals surface area contributed by atoms with Gasteiger partial charge < -0.3 is 5.32 Å². The average Bonchev–Trinajstić information content (AvgIpc) is 2.98. The summed E-state index contributed by atoms with van der Waals surface area (Å²) in [4.78, 5) is 22.6. The van der Waals surface area contributed by atoms with E-state index < -0.39 is 26.9 Å². The van der Waals surface area contributed by atoms with Gasteiger partial charge in [0.15, 0.2) is 0 Å². The maximum absolute atomic E-state index is 12.4. The number of rotatable bonds is 6. The Balaban J connectivity index is 2.14. The van der Waals surface area contributed by atoms with Crippen LogP contribution in [0.25, 0.3) is 0 Å². The average molecular weight is 341 g/mol. The number of anilines is 1. The van der Waals surface area contributed by atoms with Gasteiger partial charge in [-0.1, -0.05) is 13.0 Å². The van der Waals surface area contributed by atoms with E-state index in [1.807, 2.05) is 0 Å². The van der Waals surface area contributed by atoms with Crippen molar-refractivity contribution in [1.29, 1.82) is 0 Å². The third-order valence-corrected chi connectivity index (χ3v) is 5.73. The highest BCUT2D eigenvalue weighted by Gasteiger charge is 2.38. The van der Waals surface area contributed by atoms with Crippen LogP contribution >= 0.6 is 0 Å². The number of nitro groups is 1. The van der Waals surface area contributed by atoms with Gasteiger partial charge in [0.25, 0.3) is 5.69 Å². The van der Waals surface area contributed by atoms with Crippen LogP contribution in [-0.4, -0.2) is 41.9 Å². The van der Waals surface area contributed by atoms with Gasteiger partial charge in [-0.3, -0.25) is 14.9 Å². The molecule has 1 aliphatic heterocycles. The quantitative estimate of drug-likeness (QED) is 0.626. The summed E-state index contributed by atoms with van der Waals surface area (Å²) in [5, 5.41) is 13.3. The van der Waals surface area contributed by atoms with Gasteiger partial charge in [0.2, 0.25) is 15.9 Å². The second kappa shape index (κ2) is 7.05. The molecule has 1 aliphatic rings. The van der Waals surface area contributed by atoms with Crippen molar-refractivity contribution in [3.63, 3.8) is 0 Å². The van der Waals surface area contributed by atoms with E-state index in [9.17, 15) is 23.3 Å². The van der Waals surface area contributed by atoms with Crippen LogP contribution in [0.4, 0.5) is 11.4 Å². The Morgan fingerprint density at radius 3 is 2.87 bits per heavy atom. The van der Waals surface area contributed by atoms with Crippen molar-refractivity contribution in [2.24, 2.45) is 0 Å². The Bertz CT molecular complexity index is 704. The van der Waals surface area contributed by atoms with E-state index >= 15 is 0 Å². The molecule has 1 N–H and O–H groups in total. The molecule has 0 aliphatic carbocycles. The lowest BCUT2D eigenvalue weighted by Crippen LogP contribution is -2.44. The Kier molecular flexibility index (Phi) is 5.32. The summed E-state index contributed by atoms with van der Waals surface area (Å²) in [5.74, 6) is -0.448. The molecule has 1 atom stereocenters. The van der Waals surface area contributed by atoms with Gasteiger partial charge in [0.1, 0.15) is 6.04 Å². The molecule has 1 aromatic carbocycles. The molecule has 1 heterocycles. The zero-order valence-electron chi connectivity index (χ0n) is 12.8. The number of non-ortho nitro benzene ring substituents is 1. The summed E-state index contributed by atoms with van der Waals surface area (Å²) in [6.45, 7) is 2.10. The minimum atomic E-state index is -3.45. The number of amides is 1. The fourth-order valence-corrected chi connectivity index (χ4v) is 4.38. The second-order valence-corrected chi connectivity index (χ2v) is 7.42. The lowest BCUT2D eigenvalue weighted by atomic mass is 10.2. The maximum Gasteiger partial charge on any atom is 0.271 e. The highest BCUT2D eigenvalue weighted by molar-refractivity contribution is 7.89. The molecular formula is C14H19N3O5S. The number of carbonyl (C=O) groups excluding carboxylic acids is 1. The van der Waals surface area contributed by atoms with Crippen molar-refractivity contribution in [1.82, 2.24) is 4.31 Å². The molecule has 0 aromatic heterocycles. The molecule has 0 bridgehead atoms. The highest BCUT2D eigenvalue weighted by Crippen LogP contribution is 2.24. The fraction of sp³-hybridized carbons (Fsp3) is 0.500. The first-order valence-electron chi connectivity index (χ1n) is 7.40. The summed E-state index contributed by atoms with van der Waals surface area (Å²) >= 11 is 0. The summed E-state index contributed by atoms with van der Waals surface area (Å²) in [7, 11) is -3.45. The second-order valence-electron chi connectivity index (χ2n) is 5.38. The van der Waals surface area contributed by atoms with Gasteiger partial charge in [0, 0.05) is 24.4 Å². The molecule has 0 radical (unpaired) electrons. The number of benzene rings is 1. The van der Waals surface area contributed by atoms with Crippen LogP contribution in [0.15, 0.2) is 24.3 Å². The molecule has 1 aromatic rings. The lowest BCUT2D eigenvalue weighted by molar-refractivity contribution is -0.384. The summed E-state index contributed by atoms with van der Waals surface area (Å²) in [5.41, 5.74) is 0.147. The molecule has 2 rings (SSSR count). The van der Waals surface area contributed by atoms with Crippen molar-refractivity contribution >= 4 is 27.3 Å². The first-order valence-corrected chi connectivity index (χ1v) is 9.01. The van der Waals surface area contributed by atoms with Crippen LogP contribution in [0, 0.1) is 10.1 Å². The Morgan fingerprint density at radius 2 is 2.22 bits per heavy atom. The van der Waals surface area contributed by atoms with E-state index in [1.54, 1.807) is 6.92 Å². The van der Waals surface area contributed by atoms with E-state index in [2.05, 4.69) is 5.32 Å². The third-order valence-electron chi connectivity index (χ3n) is 3.65. The van der Waals surface area contributed by atoms with Crippen molar-refractivity contribution in [2.45, 2.75) is 32.2 Å². The van der Waals surface area contributed by atoms with Gasteiger partial charge in [-0.15, -0.1) is 0 Å². The zero-order chi connectivity index (χ0) is 17.0.